The number of nitrogens with one attached hydrogen (secondary N) is 2. The number of carbonyl (C=O) groups excluding carboxylic acids is 1. The predicted octanol–water partition coefficient (Wildman–Crippen LogP) is 0.916. The molecule has 140 valence electrons. The summed E-state index contributed by atoms with van der Waals surface area (Å²) in [5.74, 6) is -1.45. The highest BCUT2D eigenvalue weighted by molar-refractivity contribution is 7.89. The summed E-state index contributed by atoms with van der Waals surface area (Å²) >= 11 is 0. The fraction of sp³-hybridized carbons (Fsp3) is 0.417. The highest BCUT2D eigenvalue weighted by atomic mass is 32.2. The van der Waals surface area contributed by atoms with E-state index in [-0.39, 0.29) is 5.56 Å². The number of rotatable bonds is 6. The van der Waals surface area contributed by atoms with Gasteiger partial charge in [0.15, 0.2) is 5.60 Å². The van der Waals surface area contributed by atoms with Crippen LogP contribution >= 0.6 is 0 Å². The highest BCUT2D eigenvalue weighted by Crippen LogP contribution is 2.32. The van der Waals surface area contributed by atoms with E-state index >= 15 is 0 Å². The molecule has 0 radical (unpaired) electrons. The van der Waals surface area contributed by atoms with Gasteiger partial charge in [0.2, 0.25) is 5.91 Å². The number of hydrazine groups is 1. The van der Waals surface area contributed by atoms with Crippen LogP contribution in [0.5, 0.6) is 0 Å². The minimum absolute atomic E-state index is 0.189. The smallest absolute Gasteiger partial charge is 0.380 e. The van der Waals surface area contributed by atoms with E-state index in [4.69, 9.17) is 5.11 Å². The van der Waals surface area contributed by atoms with Crippen LogP contribution in [0.1, 0.15) is 18.9 Å². The molecule has 0 aromatic heterocycles. The van der Waals surface area contributed by atoms with Gasteiger partial charge in [0, 0.05) is 11.6 Å². The number of nitrogens with zero attached hydrogens (tertiary/aromatic N) is 1. The van der Waals surface area contributed by atoms with Crippen molar-refractivity contribution >= 4 is 21.6 Å². The first kappa shape index (κ1) is 20.8. The molecule has 0 aliphatic heterocycles. The number of carbonyl (C=O) groups is 1. The average molecular weight is 385 g/mol. The largest absolute Gasteiger partial charge is 0.417 e. The van der Waals surface area contributed by atoms with Crippen molar-refractivity contribution in [2.24, 2.45) is 0 Å². The van der Waals surface area contributed by atoms with Crippen LogP contribution in [0, 0.1) is 17.0 Å². The number of sulfonamides is 1. The Kier molecular flexibility index (Phi) is 5.77. The molecule has 0 bridgehead atoms. The Morgan fingerprint density at radius 3 is 2.40 bits per heavy atom. The third-order valence-electron chi connectivity index (χ3n) is 3.13. The summed E-state index contributed by atoms with van der Waals surface area (Å²) in [6.45, 7) is 1.73. The highest BCUT2D eigenvalue weighted by Gasteiger charge is 2.51. The number of halogens is 3. The van der Waals surface area contributed by atoms with Crippen LogP contribution in [0.25, 0.3) is 0 Å². The molecule has 0 fully saturated rings. The van der Waals surface area contributed by atoms with Gasteiger partial charge in [0.05, 0.1) is 16.2 Å². The van der Waals surface area contributed by atoms with Gasteiger partial charge in [0.1, 0.15) is 0 Å². The zero-order valence-corrected chi connectivity index (χ0v) is 13.7. The van der Waals surface area contributed by atoms with Gasteiger partial charge in [-0.25, -0.2) is 8.42 Å². The first-order chi connectivity index (χ1) is 11.2. The van der Waals surface area contributed by atoms with E-state index in [1.807, 2.05) is 0 Å². The summed E-state index contributed by atoms with van der Waals surface area (Å²) in [5.41, 5.74) is -2.15. The predicted molar refractivity (Wildman–Crippen MR) is 77.6 cm³/mol. The monoisotopic (exact) mass is 385 g/mol. The van der Waals surface area contributed by atoms with Gasteiger partial charge >= 0.3 is 6.18 Å². The van der Waals surface area contributed by atoms with Gasteiger partial charge < -0.3 is 5.11 Å². The molecule has 0 aliphatic carbocycles. The van der Waals surface area contributed by atoms with Crippen LogP contribution in [-0.4, -0.2) is 36.1 Å². The van der Waals surface area contributed by atoms with Crippen molar-refractivity contribution in [3.05, 3.63) is 33.9 Å². The third-order valence-corrected chi connectivity index (χ3v) is 4.37. The SMILES string of the molecule is Cc1ccc(S(=O)(=O)NNC(=O)C[C@](C)(O)C(F)(F)F)cc1[N+](=O)[O-]. The summed E-state index contributed by atoms with van der Waals surface area (Å²) in [5, 5.41) is 20.0. The first-order valence-corrected chi connectivity index (χ1v) is 8.00. The quantitative estimate of drug-likeness (QED) is 0.492. The topological polar surface area (TPSA) is 139 Å². The summed E-state index contributed by atoms with van der Waals surface area (Å²) in [4.78, 5) is 22.3. The number of nitro groups is 1. The molecular weight excluding hydrogens is 371 g/mol. The molecule has 0 aliphatic rings. The third kappa shape index (κ3) is 5.11. The second kappa shape index (κ2) is 6.93. The van der Waals surface area contributed by atoms with E-state index in [1.54, 1.807) is 0 Å². The molecule has 3 N–H and O–H groups in total. The summed E-state index contributed by atoms with van der Waals surface area (Å²) < 4.78 is 61.3. The minimum Gasteiger partial charge on any atom is -0.380 e. The van der Waals surface area contributed by atoms with E-state index < -0.39 is 49.6 Å². The van der Waals surface area contributed by atoms with Crippen molar-refractivity contribution in [2.75, 3.05) is 0 Å². The average Bonchev–Trinajstić information content (AvgIpc) is 2.43. The number of amides is 1. The Morgan fingerprint density at radius 2 is 1.92 bits per heavy atom. The molecule has 0 spiro atoms. The minimum atomic E-state index is -5.10. The molecule has 13 heteroatoms. The molecule has 0 unspecified atom stereocenters. The second-order valence-electron chi connectivity index (χ2n) is 5.31. The lowest BCUT2D eigenvalue weighted by atomic mass is 10.0. The maximum absolute atomic E-state index is 12.5. The maximum atomic E-state index is 12.5. The molecule has 1 aromatic carbocycles. The zero-order valence-electron chi connectivity index (χ0n) is 12.9. The van der Waals surface area contributed by atoms with Gasteiger partial charge in [-0.2, -0.15) is 13.2 Å². The number of aliphatic hydroxyl groups is 1. The Hall–Kier alpha value is -2.25. The molecule has 1 rings (SSSR count). The Balaban J connectivity index is 2.88. The number of nitro benzene ring substituents is 1. The van der Waals surface area contributed by atoms with Crippen LogP contribution in [0.3, 0.4) is 0 Å². The molecule has 0 saturated carbocycles. The number of alkyl halides is 3. The molecule has 0 heterocycles. The van der Waals surface area contributed by atoms with Gasteiger partial charge in [-0.1, -0.05) is 6.07 Å². The molecule has 1 atom stereocenters. The van der Waals surface area contributed by atoms with Crippen molar-refractivity contribution in [1.29, 1.82) is 0 Å². The lowest BCUT2D eigenvalue weighted by Gasteiger charge is -2.25. The Morgan fingerprint density at radius 1 is 1.36 bits per heavy atom. The summed E-state index contributed by atoms with van der Waals surface area (Å²) in [6.07, 6.45) is -6.55. The molecule has 9 nitrogen and oxygen atoms in total. The number of hydrogen-bond acceptors (Lipinski definition) is 6. The van der Waals surface area contributed by atoms with Crippen molar-refractivity contribution < 1.29 is 36.4 Å². The van der Waals surface area contributed by atoms with Gasteiger partial charge in [-0.05, 0) is 19.9 Å². The standard InChI is InChI=1S/C12H14F3N3O6S/c1-7-3-4-8(5-9(7)18(21)22)25(23,24)17-16-10(19)6-11(2,20)12(13,14)15/h3-5,17,20H,6H2,1-2H3,(H,16,19)/t11-/m0/s1. The van der Waals surface area contributed by atoms with Crippen molar-refractivity contribution in [3.8, 4) is 0 Å². The van der Waals surface area contributed by atoms with E-state index in [0.717, 1.165) is 18.2 Å². The van der Waals surface area contributed by atoms with Crippen LogP contribution in [-0.2, 0) is 14.8 Å². The lowest BCUT2D eigenvalue weighted by Crippen LogP contribution is -2.49. The van der Waals surface area contributed by atoms with Gasteiger partial charge in [0.25, 0.3) is 15.7 Å². The molecule has 0 saturated heterocycles. The van der Waals surface area contributed by atoms with Crippen LogP contribution < -0.4 is 10.3 Å². The lowest BCUT2D eigenvalue weighted by molar-refractivity contribution is -0.385. The maximum Gasteiger partial charge on any atom is 0.417 e. The zero-order chi connectivity index (χ0) is 19.6. The van der Waals surface area contributed by atoms with Crippen molar-refractivity contribution in [3.63, 3.8) is 0 Å². The van der Waals surface area contributed by atoms with E-state index in [0.29, 0.717) is 6.92 Å². The summed E-state index contributed by atoms with van der Waals surface area (Å²) in [7, 11) is -4.47. The van der Waals surface area contributed by atoms with Crippen LogP contribution in [0.4, 0.5) is 18.9 Å². The van der Waals surface area contributed by atoms with Crippen molar-refractivity contribution in [2.45, 2.75) is 36.9 Å². The fourth-order valence-electron chi connectivity index (χ4n) is 1.59. The van der Waals surface area contributed by atoms with E-state index in [1.165, 1.54) is 17.2 Å². The van der Waals surface area contributed by atoms with E-state index in [9.17, 15) is 36.5 Å². The molecule has 1 amide bonds. The fourth-order valence-corrected chi connectivity index (χ4v) is 2.47. The number of benzene rings is 1. The molecular formula is C12H14F3N3O6S. The Bertz CT molecular complexity index is 792. The number of aryl methyl sites for hydroxylation is 1. The number of hydrogen-bond donors (Lipinski definition) is 3. The second-order valence-corrected chi connectivity index (χ2v) is 6.99. The molecule has 1 aromatic rings. The normalized spacial score (nSPS) is 14.6. The summed E-state index contributed by atoms with van der Waals surface area (Å²) in [6, 6.07) is 2.90. The van der Waals surface area contributed by atoms with Gasteiger partial charge in [-0.15, -0.1) is 4.83 Å². The Labute approximate surface area is 140 Å². The first-order valence-electron chi connectivity index (χ1n) is 6.52. The van der Waals surface area contributed by atoms with Crippen LogP contribution in [0.2, 0.25) is 0 Å². The molecule has 25 heavy (non-hydrogen) atoms. The van der Waals surface area contributed by atoms with Crippen molar-refractivity contribution in [1.82, 2.24) is 10.3 Å². The van der Waals surface area contributed by atoms with Gasteiger partial charge in [-0.3, -0.25) is 20.3 Å². The van der Waals surface area contributed by atoms with Crippen LogP contribution in [0.15, 0.2) is 23.1 Å². The van der Waals surface area contributed by atoms with E-state index in [2.05, 4.69) is 0 Å².